The van der Waals surface area contributed by atoms with Crippen LogP contribution in [0.1, 0.15) is 0 Å². The van der Waals surface area contributed by atoms with Crippen molar-refractivity contribution in [2.24, 2.45) is 0 Å². The summed E-state index contributed by atoms with van der Waals surface area (Å²) in [5, 5.41) is 0. The fraction of sp³-hybridized carbons (Fsp3) is 0. The maximum Gasteiger partial charge on any atom is 0 e. The van der Waals surface area contributed by atoms with Crippen LogP contribution in [0.3, 0.4) is 0 Å². The third kappa shape index (κ3) is 9.68. The van der Waals surface area contributed by atoms with Gasteiger partial charge in [-0.15, -0.1) is 0 Å². The van der Waals surface area contributed by atoms with Crippen LogP contribution >= 0.6 is 0 Å². The average Bonchev–Trinajstić information content (AvgIpc) is 0. The Morgan fingerprint density at radius 3 is 1.00 bits per heavy atom. The van der Waals surface area contributed by atoms with Crippen LogP contribution in [0.25, 0.3) is 0 Å². The maximum absolute atomic E-state index is 0. The van der Waals surface area contributed by atoms with Gasteiger partial charge in [0.2, 0.25) is 0 Å². The molecule has 2 radical (unpaired) electrons. The smallest absolute Gasteiger partial charge is 0 e. The van der Waals surface area contributed by atoms with E-state index in [-0.39, 0.29) is 136 Å². The van der Waals surface area contributed by atoms with E-state index in [4.69, 9.17) is 0 Å². The predicted molar refractivity (Wildman–Crippen MR) is 17.1 cm³/mol. The van der Waals surface area contributed by atoms with E-state index >= 15 is 0 Å². The van der Waals surface area contributed by atoms with Crippen LogP contribution in [0.4, 0.5) is 0 Å². The first kappa shape index (κ1) is 23.7. The second-order valence-electron chi connectivity index (χ2n) is 0. The molecule has 0 heterocycles. The van der Waals surface area contributed by atoms with Gasteiger partial charge in [-0.1, -0.05) is 0 Å². The van der Waals surface area contributed by atoms with E-state index in [2.05, 4.69) is 0 Å². The van der Waals surface area contributed by atoms with Crippen molar-refractivity contribution in [2.45, 2.75) is 0 Å². The zero-order valence-electron chi connectivity index (χ0n) is 0.879. The van der Waals surface area contributed by atoms with E-state index < -0.39 is 0 Å². The molecule has 0 saturated carbocycles. The second-order valence-corrected chi connectivity index (χ2v) is 0. The summed E-state index contributed by atoms with van der Waals surface area (Å²) >= 11 is 0. The van der Waals surface area contributed by atoms with Crippen LogP contribution in [0, 0.1) is 0 Å². The molecule has 0 amide bonds. The molecule has 0 aliphatic rings. The van der Waals surface area contributed by atoms with E-state index in [0.29, 0.717) is 0 Å². The fourth-order valence-electron chi connectivity index (χ4n) is 0. The van der Waals surface area contributed by atoms with E-state index in [9.17, 15) is 0 Å². The van der Waals surface area contributed by atoms with Gasteiger partial charge in [-0.25, -0.2) is 0 Å². The molecule has 0 aromatic heterocycles. The van der Waals surface area contributed by atoms with Gasteiger partial charge in [0.05, 0.1) is 0 Å². The first-order valence-corrected chi connectivity index (χ1v) is 0. The first-order chi connectivity index (χ1) is 0. The maximum atomic E-state index is 0. The molecule has 0 nitrogen and oxygen atoms in total. The summed E-state index contributed by atoms with van der Waals surface area (Å²) in [5.41, 5.74) is 0. The second kappa shape index (κ2) is 15.7. The Morgan fingerprint density at radius 1 is 1.00 bits per heavy atom. The van der Waals surface area contributed by atoms with Gasteiger partial charge in [-0.05, 0) is 0 Å². The Hall–Kier alpha value is 4.45. The molecule has 0 fully saturated rings. The Kier molecular flexibility index (Phi) is 92.6. The van der Waals surface area contributed by atoms with Gasteiger partial charge in [-0.2, -0.15) is 0 Å². The average molecular weight is 334 g/mol. The van der Waals surface area contributed by atoms with Crippen LogP contribution in [0.5, 0.6) is 0 Å². The third-order valence-electron chi connectivity index (χ3n) is 0. The molecule has 0 saturated heterocycles. The minimum atomic E-state index is 0. The molecule has 0 unspecified atom stereocenters. The van der Waals surface area contributed by atoms with Crippen molar-refractivity contribution in [1.29, 1.82) is 0 Å². The summed E-state index contributed by atoms with van der Waals surface area (Å²) in [4.78, 5) is 0. The predicted octanol–water partition coefficient (Wildman–Crippen LogP) is -1.84. The molecule has 0 aromatic rings. The molecule has 0 rings (SSSR count). The summed E-state index contributed by atoms with van der Waals surface area (Å²) in [6.45, 7) is 0. The van der Waals surface area contributed by atoms with Crippen molar-refractivity contribution in [1.82, 2.24) is 0 Å². The van der Waals surface area contributed by atoms with E-state index in [0.717, 1.165) is 0 Å². The summed E-state index contributed by atoms with van der Waals surface area (Å²) in [6.07, 6.45) is 0. The summed E-state index contributed by atoms with van der Waals surface area (Å²) in [7, 11) is 0. The molecule has 0 aromatic carbocycles. The van der Waals surface area contributed by atoms with Crippen molar-refractivity contribution in [3.05, 3.63) is 0 Å². The van der Waals surface area contributed by atoms with Gasteiger partial charge >= 0.3 is 86.6 Å². The summed E-state index contributed by atoms with van der Waals surface area (Å²) < 4.78 is 0. The van der Waals surface area contributed by atoms with Gasteiger partial charge in [0, 0.05) is 49.8 Å². The molecular weight excluding hydrogens is 330 g/mol. The van der Waals surface area contributed by atoms with Crippen LogP contribution in [-0.4, -0.2) is 86.6 Å². The Morgan fingerprint density at radius 2 is 1.00 bits per heavy atom. The molecule has 0 bridgehead atoms. The van der Waals surface area contributed by atoms with Crippen molar-refractivity contribution in [2.75, 3.05) is 0 Å². The summed E-state index contributed by atoms with van der Waals surface area (Å²) in [5.74, 6) is 0. The quantitative estimate of drug-likeness (QED) is 0.457. The fourth-order valence-corrected chi connectivity index (χ4v) is 0. The van der Waals surface area contributed by atoms with E-state index in [1.165, 1.54) is 0 Å². The topological polar surface area (TPSA) is 0 Å². The number of rotatable bonds is 0. The minimum Gasteiger partial charge on any atom is 0 e. The van der Waals surface area contributed by atoms with Crippen molar-refractivity contribution in [3.63, 3.8) is 0 Å². The number of hydrogen-bond donors (Lipinski definition) is 0. The van der Waals surface area contributed by atoms with Gasteiger partial charge in [0.1, 0.15) is 0 Å². The normalized spacial score (nSPS) is 0. The first-order valence-electron chi connectivity index (χ1n) is 0. The third-order valence-corrected chi connectivity index (χ3v) is 0. The molecule has 4 heteroatoms. The largest absolute Gasteiger partial charge is 0 e. The van der Waals surface area contributed by atoms with Gasteiger partial charge < -0.3 is 0 Å². The molecule has 4 heavy (non-hydrogen) atoms. The van der Waals surface area contributed by atoms with E-state index in [1.54, 1.807) is 0 Å². The van der Waals surface area contributed by atoms with Crippen LogP contribution in [0.2, 0.25) is 0 Å². The van der Waals surface area contributed by atoms with Crippen LogP contribution < -0.4 is 0 Å². The molecular formula is H4BaCaCuY. The SMILES string of the molecule is [BaH2].[CaH2].[Cu].[Y]. The molecule has 0 N–H and O–H groups in total. The monoisotopic (exact) mass is 334 g/mol. The Labute approximate surface area is 132 Å². The molecule has 0 spiro atoms. The van der Waals surface area contributed by atoms with Crippen LogP contribution in [0.15, 0.2) is 0 Å². The van der Waals surface area contributed by atoms with Crippen LogP contribution in [-0.2, 0) is 49.8 Å². The molecule has 22 valence electrons. The Bertz CT molecular complexity index is 8.00. The standard InChI is InChI=1S/Ba.Ca.Cu.Y.4H. The van der Waals surface area contributed by atoms with Gasteiger partial charge in [-0.3, -0.25) is 0 Å². The van der Waals surface area contributed by atoms with Gasteiger partial charge in [0.15, 0.2) is 0 Å². The number of hydrogen-bond acceptors (Lipinski definition) is 0. The van der Waals surface area contributed by atoms with Crippen molar-refractivity contribution in [3.8, 4) is 0 Å². The van der Waals surface area contributed by atoms with Gasteiger partial charge in [0.25, 0.3) is 0 Å². The van der Waals surface area contributed by atoms with E-state index in [1.807, 2.05) is 0 Å². The van der Waals surface area contributed by atoms with Crippen molar-refractivity contribution >= 4 is 86.6 Å². The Balaban J connectivity index is 0. The zero-order valence-corrected chi connectivity index (χ0v) is 4.66. The summed E-state index contributed by atoms with van der Waals surface area (Å²) in [6, 6.07) is 0. The van der Waals surface area contributed by atoms with Crippen molar-refractivity contribution < 1.29 is 49.8 Å². The molecule has 0 aliphatic carbocycles. The minimum absolute atomic E-state index is 0. The molecule has 0 aliphatic heterocycles. The molecule has 0 atom stereocenters. The zero-order chi connectivity index (χ0) is 0.